The molecule has 1 aliphatic rings. The average molecular weight is 501 g/mol. The van der Waals surface area contributed by atoms with Gasteiger partial charge < -0.3 is 29.6 Å². The van der Waals surface area contributed by atoms with Crippen molar-refractivity contribution in [1.29, 1.82) is 0 Å². The van der Waals surface area contributed by atoms with Gasteiger partial charge in [0, 0.05) is 31.1 Å². The van der Waals surface area contributed by atoms with Crippen molar-refractivity contribution >= 4 is 28.2 Å². The highest BCUT2D eigenvalue weighted by atomic mass is 16.5. The van der Waals surface area contributed by atoms with Crippen molar-refractivity contribution in [3.8, 4) is 23.1 Å². The Kier molecular flexibility index (Phi) is 7.32. The van der Waals surface area contributed by atoms with E-state index in [4.69, 9.17) is 18.9 Å². The molecule has 9 heteroatoms. The summed E-state index contributed by atoms with van der Waals surface area (Å²) in [5.41, 5.74) is 4.68. The molecule has 190 valence electrons. The van der Waals surface area contributed by atoms with Gasteiger partial charge in [-0.1, -0.05) is 18.2 Å². The SMILES string of the molecule is COCCOc1cc2ncnc(Oc3ccc(CC(=O)Nc4ccc5c(c4)NCC5)cc3)c2cc1OC. The normalized spacial score (nSPS) is 12.1. The number of carbonyl (C=O) groups excluding carboxylic acids is 1. The second-order valence-electron chi connectivity index (χ2n) is 8.56. The predicted octanol–water partition coefficient (Wildman–Crippen LogP) is 4.61. The fourth-order valence-corrected chi connectivity index (χ4v) is 4.18. The highest BCUT2D eigenvalue weighted by Gasteiger charge is 2.14. The molecule has 0 saturated heterocycles. The second kappa shape index (κ2) is 11.1. The molecule has 1 aromatic heterocycles. The van der Waals surface area contributed by atoms with E-state index >= 15 is 0 Å². The minimum absolute atomic E-state index is 0.0796. The molecule has 1 amide bonds. The molecule has 0 spiro atoms. The van der Waals surface area contributed by atoms with Crippen LogP contribution < -0.4 is 24.8 Å². The smallest absolute Gasteiger partial charge is 0.230 e. The lowest BCUT2D eigenvalue weighted by atomic mass is 10.1. The van der Waals surface area contributed by atoms with E-state index in [1.54, 1.807) is 26.4 Å². The summed E-state index contributed by atoms with van der Waals surface area (Å²) in [6.07, 6.45) is 2.71. The van der Waals surface area contributed by atoms with E-state index in [-0.39, 0.29) is 12.3 Å². The minimum atomic E-state index is -0.0796. The first-order valence-electron chi connectivity index (χ1n) is 12.0. The number of methoxy groups -OCH3 is 2. The van der Waals surface area contributed by atoms with Gasteiger partial charge in [-0.05, 0) is 47.9 Å². The Hall–Kier alpha value is -4.37. The van der Waals surface area contributed by atoms with Crippen LogP contribution in [0.1, 0.15) is 11.1 Å². The van der Waals surface area contributed by atoms with Gasteiger partial charge in [0.05, 0.1) is 31.0 Å². The third-order valence-corrected chi connectivity index (χ3v) is 6.04. The van der Waals surface area contributed by atoms with Gasteiger partial charge in [-0.15, -0.1) is 0 Å². The minimum Gasteiger partial charge on any atom is -0.493 e. The summed E-state index contributed by atoms with van der Waals surface area (Å²) >= 11 is 0. The Balaban J connectivity index is 1.25. The summed E-state index contributed by atoms with van der Waals surface area (Å²) in [6, 6.07) is 16.9. The summed E-state index contributed by atoms with van der Waals surface area (Å²) in [7, 11) is 3.19. The summed E-state index contributed by atoms with van der Waals surface area (Å²) in [5.74, 6) is 2.01. The summed E-state index contributed by atoms with van der Waals surface area (Å²) < 4.78 is 22.3. The van der Waals surface area contributed by atoms with Crippen LogP contribution in [0.5, 0.6) is 23.1 Å². The van der Waals surface area contributed by atoms with E-state index in [0.29, 0.717) is 47.2 Å². The Morgan fingerprint density at radius 1 is 1.00 bits per heavy atom. The van der Waals surface area contributed by atoms with Crippen LogP contribution in [0.3, 0.4) is 0 Å². The molecular formula is C28H28N4O5. The van der Waals surface area contributed by atoms with Gasteiger partial charge in [-0.25, -0.2) is 9.97 Å². The van der Waals surface area contributed by atoms with Gasteiger partial charge in [-0.2, -0.15) is 0 Å². The summed E-state index contributed by atoms with van der Waals surface area (Å²) in [5, 5.41) is 6.98. The average Bonchev–Trinajstić information content (AvgIpc) is 3.38. The molecule has 0 atom stereocenters. The topological polar surface area (TPSA) is 104 Å². The van der Waals surface area contributed by atoms with Gasteiger partial charge in [0.1, 0.15) is 18.7 Å². The van der Waals surface area contributed by atoms with Crippen molar-refractivity contribution in [1.82, 2.24) is 9.97 Å². The van der Waals surface area contributed by atoms with Crippen molar-refractivity contribution in [3.05, 3.63) is 72.1 Å². The highest BCUT2D eigenvalue weighted by molar-refractivity contribution is 5.93. The second-order valence-corrected chi connectivity index (χ2v) is 8.56. The molecule has 0 fully saturated rings. The molecule has 5 rings (SSSR count). The van der Waals surface area contributed by atoms with Crippen LogP contribution in [-0.2, 0) is 22.4 Å². The summed E-state index contributed by atoms with van der Waals surface area (Å²) in [4.78, 5) is 21.2. The number of amides is 1. The first kappa shape index (κ1) is 24.3. The molecular weight excluding hydrogens is 472 g/mol. The van der Waals surface area contributed by atoms with Crippen LogP contribution >= 0.6 is 0 Å². The maximum absolute atomic E-state index is 12.6. The highest BCUT2D eigenvalue weighted by Crippen LogP contribution is 2.36. The predicted molar refractivity (Wildman–Crippen MR) is 141 cm³/mol. The van der Waals surface area contributed by atoms with Gasteiger partial charge in [-0.3, -0.25) is 4.79 Å². The van der Waals surface area contributed by atoms with E-state index in [0.717, 1.165) is 29.9 Å². The lowest BCUT2D eigenvalue weighted by molar-refractivity contribution is -0.115. The number of ether oxygens (including phenoxy) is 4. The molecule has 4 aromatic rings. The first-order valence-corrected chi connectivity index (χ1v) is 12.0. The van der Waals surface area contributed by atoms with Crippen molar-refractivity contribution in [3.63, 3.8) is 0 Å². The van der Waals surface area contributed by atoms with E-state index in [1.165, 1.54) is 11.9 Å². The Labute approximate surface area is 214 Å². The van der Waals surface area contributed by atoms with Crippen molar-refractivity contribution in [2.24, 2.45) is 0 Å². The maximum atomic E-state index is 12.6. The van der Waals surface area contributed by atoms with Crippen LogP contribution in [0, 0.1) is 0 Å². The summed E-state index contributed by atoms with van der Waals surface area (Å²) in [6.45, 7) is 1.79. The van der Waals surface area contributed by atoms with Gasteiger partial charge in [0.15, 0.2) is 11.5 Å². The zero-order valence-electron chi connectivity index (χ0n) is 20.7. The molecule has 1 aliphatic heterocycles. The standard InChI is InChI=1S/C28H28N4O5/c1-34-11-12-36-26-16-24-22(15-25(26)35-2)28(31-17-30-24)37-21-7-3-18(4-8-21)13-27(33)32-20-6-5-19-9-10-29-23(19)14-20/h3-8,14-17,29H,9-13H2,1-2H3,(H,32,33). The van der Waals surface area contributed by atoms with Crippen molar-refractivity contribution < 1.29 is 23.7 Å². The molecule has 3 aromatic carbocycles. The third kappa shape index (κ3) is 5.73. The van der Waals surface area contributed by atoms with Crippen LogP contribution in [-0.4, -0.2) is 49.9 Å². The maximum Gasteiger partial charge on any atom is 0.230 e. The van der Waals surface area contributed by atoms with E-state index in [2.05, 4.69) is 26.7 Å². The number of anilines is 2. The Morgan fingerprint density at radius 3 is 2.68 bits per heavy atom. The molecule has 9 nitrogen and oxygen atoms in total. The number of rotatable bonds is 10. The van der Waals surface area contributed by atoms with Crippen LogP contribution in [0.4, 0.5) is 11.4 Å². The Bertz CT molecular complexity index is 1410. The first-order chi connectivity index (χ1) is 18.1. The van der Waals surface area contributed by atoms with E-state index in [9.17, 15) is 4.79 Å². The van der Waals surface area contributed by atoms with E-state index in [1.807, 2.05) is 36.4 Å². The molecule has 0 unspecified atom stereocenters. The number of benzene rings is 3. The van der Waals surface area contributed by atoms with Crippen LogP contribution in [0.25, 0.3) is 10.9 Å². The van der Waals surface area contributed by atoms with Crippen LogP contribution in [0.2, 0.25) is 0 Å². The number of hydrogen-bond donors (Lipinski definition) is 2. The van der Waals surface area contributed by atoms with Gasteiger partial charge in [0.25, 0.3) is 0 Å². The fraction of sp³-hybridized carbons (Fsp3) is 0.250. The molecule has 2 heterocycles. The largest absolute Gasteiger partial charge is 0.493 e. The number of fused-ring (bicyclic) bond motifs is 2. The molecule has 0 saturated carbocycles. The van der Waals surface area contributed by atoms with Crippen LogP contribution in [0.15, 0.2) is 60.9 Å². The Morgan fingerprint density at radius 2 is 1.86 bits per heavy atom. The third-order valence-electron chi connectivity index (χ3n) is 6.04. The quantitative estimate of drug-likeness (QED) is 0.305. The molecule has 37 heavy (non-hydrogen) atoms. The van der Waals surface area contributed by atoms with E-state index < -0.39 is 0 Å². The monoisotopic (exact) mass is 500 g/mol. The molecule has 0 bridgehead atoms. The molecule has 0 radical (unpaired) electrons. The van der Waals surface area contributed by atoms with Gasteiger partial charge >= 0.3 is 0 Å². The number of nitrogens with one attached hydrogen (secondary N) is 2. The zero-order valence-corrected chi connectivity index (χ0v) is 20.7. The number of nitrogens with zero attached hydrogens (tertiary/aromatic N) is 2. The molecule has 0 aliphatic carbocycles. The molecule has 2 N–H and O–H groups in total. The lowest BCUT2D eigenvalue weighted by Gasteiger charge is -2.13. The van der Waals surface area contributed by atoms with Crippen molar-refractivity contribution in [2.45, 2.75) is 12.8 Å². The fourth-order valence-electron chi connectivity index (χ4n) is 4.18. The number of aromatic nitrogens is 2. The van der Waals surface area contributed by atoms with Crippen molar-refractivity contribution in [2.75, 3.05) is 44.6 Å². The lowest BCUT2D eigenvalue weighted by Crippen LogP contribution is -2.14. The zero-order chi connectivity index (χ0) is 25.6. The van der Waals surface area contributed by atoms with Gasteiger partial charge in [0.2, 0.25) is 11.8 Å². The number of carbonyl (C=O) groups is 1. The number of hydrogen-bond acceptors (Lipinski definition) is 8.